The Morgan fingerprint density at radius 3 is 2.56 bits per heavy atom. The van der Waals surface area contributed by atoms with Crippen molar-refractivity contribution in [3.05, 3.63) is 83.3 Å². The molecule has 5 nitrogen and oxygen atoms in total. The first-order valence-electron chi connectivity index (χ1n) is 10.8. The van der Waals surface area contributed by atoms with E-state index in [1.54, 1.807) is 6.08 Å². The summed E-state index contributed by atoms with van der Waals surface area (Å²) in [4.78, 5) is 13.2. The minimum Gasteiger partial charge on any atom is -0.490 e. The number of carbonyl (C=O) groups is 1. The first-order valence-corrected chi connectivity index (χ1v) is 11.6. The Hall–Kier alpha value is -3.12. The molecular weight excluding hydrogens is 420 g/mol. The van der Waals surface area contributed by atoms with Gasteiger partial charge in [-0.1, -0.05) is 49.5 Å². The summed E-state index contributed by atoms with van der Waals surface area (Å²) in [6, 6.07) is 12.2. The van der Waals surface area contributed by atoms with Crippen molar-refractivity contribution in [3.8, 4) is 11.5 Å². The van der Waals surface area contributed by atoms with Gasteiger partial charge < -0.3 is 20.1 Å². The molecule has 2 aromatic carbocycles. The van der Waals surface area contributed by atoms with Crippen molar-refractivity contribution in [1.29, 1.82) is 0 Å². The Labute approximate surface area is 194 Å². The van der Waals surface area contributed by atoms with E-state index in [0.717, 1.165) is 23.2 Å². The number of anilines is 1. The molecule has 0 bridgehead atoms. The zero-order valence-corrected chi connectivity index (χ0v) is 19.5. The Morgan fingerprint density at radius 1 is 1.12 bits per heavy atom. The van der Waals surface area contributed by atoms with Gasteiger partial charge >= 0.3 is 0 Å². The van der Waals surface area contributed by atoms with Crippen molar-refractivity contribution < 1.29 is 14.3 Å². The highest BCUT2D eigenvalue weighted by Gasteiger charge is 2.27. The van der Waals surface area contributed by atoms with Gasteiger partial charge in [-0.2, -0.15) is 0 Å². The molecule has 1 fully saturated rings. The number of benzene rings is 2. The summed E-state index contributed by atoms with van der Waals surface area (Å²) in [5.74, 6) is 1.23. The molecule has 0 aliphatic carbocycles. The molecule has 1 saturated heterocycles. The van der Waals surface area contributed by atoms with Gasteiger partial charge in [-0.05, 0) is 61.2 Å². The van der Waals surface area contributed by atoms with E-state index in [4.69, 9.17) is 9.47 Å². The van der Waals surface area contributed by atoms with Gasteiger partial charge in [0, 0.05) is 11.3 Å². The van der Waals surface area contributed by atoms with E-state index in [1.165, 1.54) is 17.3 Å². The van der Waals surface area contributed by atoms with Crippen LogP contribution in [0.15, 0.2) is 66.6 Å². The van der Waals surface area contributed by atoms with E-state index < -0.39 is 0 Å². The van der Waals surface area contributed by atoms with Gasteiger partial charge in [0.05, 0.1) is 11.5 Å². The highest BCUT2D eigenvalue weighted by Crippen LogP contribution is 2.36. The maximum absolute atomic E-state index is 12.6. The summed E-state index contributed by atoms with van der Waals surface area (Å²) in [5, 5.41) is 6.34. The number of thioether (sulfide) groups is 1. The maximum Gasteiger partial charge on any atom is 0.260 e. The summed E-state index contributed by atoms with van der Waals surface area (Å²) in [6.45, 7) is 12.5. The first-order chi connectivity index (χ1) is 15.6. The van der Waals surface area contributed by atoms with Crippen molar-refractivity contribution >= 4 is 29.4 Å². The zero-order valence-electron chi connectivity index (χ0n) is 18.6. The van der Waals surface area contributed by atoms with Gasteiger partial charge in [0.1, 0.15) is 6.61 Å². The lowest BCUT2D eigenvalue weighted by atomic mass is 10.0. The zero-order chi connectivity index (χ0) is 22.9. The Morgan fingerprint density at radius 2 is 1.91 bits per heavy atom. The maximum atomic E-state index is 12.6. The summed E-state index contributed by atoms with van der Waals surface area (Å²) in [7, 11) is 0. The van der Waals surface area contributed by atoms with Crippen molar-refractivity contribution in [2.45, 2.75) is 32.2 Å². The highest BCUT2D eigenvalue weighted by atomic mass is 32.2. The summed E-state index contributed by atoms with van der Waals surface area (Å²) < 4.78 is 11.7. The normalized spacial score (nSPS) is 16.5. The van der Waals surface area contributed by atoms with Gasteiger partial charge in [0.25, 0.3) is 5.91 Å². The third-order valence-electron chi connectivity index (χ3n) is 4.85. The fraction of sp³-hybridized carbons (Fsp3) is 0.269. The molecule has 2 N–H and O–H groups in total. The van der Waals surface area contributed by atoms with E-state index >= 15 is 0 Å². The molecule has 1 aliphatic heterocycles. The fourth-order valence-corrected chi connectivity index (χ4v) is 4.33. The second-order valence-electron chi connectivity index (χ2n) is 7.21. The van der Waals surface area contributed by atoms with Crippen LogP contribution in [0, 0.1) is 0 Å². The molecular formula is C26H30N2O3S. The minimum atomic E-state index is -0.226. The Kier molecular flexibility index (Phi) is 8.45. The van der Waals surface area contributed by atoms with Crippen molar-refractivity contribution in [2.24, 2.45) is 0 Å². The number of ether oxygens (including phenoxy) is 2. The molecule has 0 unspecified atom stereocenters. The number of rotatable bonds is 11. The van der Waals surface area contributed by atoms with Gasteiger partial charge in [-0.15, -0.1) is 6.58 Å². The smallest absolute Gasteiger partial charge is 0.260 e. The fourth-order valence-electron chi connectivity index (χ4n) is 3.35. The molecule has 1 atom stereocenters. The van der Waals surface area contributed by atoms with E-state index in [1.807, 2.05) is 43.3 Å². The Bertz CT molecular complexity index is 999. The SMILES string of the molecule is C=CCOc1c(CC=C)cc(/C=C2\S[C@@H](Nc3ccc(CC)cc3)NC2=O)cc1OCC. The molecule has 0 saturated carbocycles. The van der Waals surface area contributed by atoms with Crippen LogP contribution in [0.2, 0.25) is 0 Å². The van der Waals surface area contributed by atoms with Crippen LogP contribution >= 0.6 is 11.8 Å². The number of hydrogen-bond donors (Lipinski definition) is 2. The molecule has 0 spiro atoms. The predicted molar refractivity (Wildman–Crippen MR) is 134 cm³/mol. The number of aryl methyl sites for hydroxylation is 1. The topological polar surface area (TPSA) is 59.6 Å². The summed E-state index contributed by atoms with van der Waals surface area (Å²) >= 11 is 1.46. The van der Waals surface area contributed by atoms with Crippen LogP contribution in [0.1, 0.15) is 30.5 Å². The van der Waals surface area contributed by atoms with Gasteiger partial charge in [0.15, 0.2) is 17.0 Å². The van der Waals surface area contributed by atoms with Crippen LogP contribution in [0.3, 0.4) is 0 Å². The lowest BCUT2D eigenvalue weighted by molar-refractivity contribution is -0.116. The summed E-state index contributed by atoms with van der Waals surface area (Å²) in [6.07, 6.45) is 7.03. The number of amides is 1. The number of allylic oxidation sites excluding steroid dienone is 1. The first kappa shape index (κ1) is 23.5. The monoisotopic (exact) mass is 450 g/mol. The molecule has 0 aromatic heterocycles. The minimum absolute atomic E-state index is 0.104. The number of carbonyl (C=O) groups excluding carboxylic acids is 1. The van der Waals surface area contributed by atoms with E-state index in [0.29, 0.717) is 36.0 Å². The van der Waals surface area contributed by atoms with Crippen LogP contribution in [-0.2, 0) is 17.6 Å². The number of nitrogens with one attached hydrogen (secondary N) is 2. The predicted octanol–water partition coefficient (Wildman–Crippen LogP) is 5.54. The van der Waals surface area contributed by atoms with Crippen molar-refractivity contribution in [1.82, 2.24) is 5.32 Å². The molecule has 2 aromatic rings. The lowest BCUT2D eigenvalue weighted by Crippen LogP contribution is -2.30. The highest BCUT2D eigenvalue weighted by molar-refractivity contribution is 8.05. The third-order valence-corrected chi connectivity index (χ3v) is 5.88. The number of hydrogen-bond acceptors (Lipinski definition) is 5. The van der Waals surface area contributed by atoms with E-state index in [-0.39, 0.29) is 11.4 Å². The Balaban J connectivity index is 1.83. The van der Waals surface area contributed by atoms with Crippen LogP contribution in [0.4, 0.5) is 5.69 Å². The van der Waals surface area contributed by atoms with E-state index in [2.05, 4.69) is 42.8 Å². The van der Waals surface area contributed by atoms with Crippen LogP contribution < -0.4 is 20.1 Å². The van der Waals surface area contributed by atoms with Crippen molar-refractivity contribution in [3.63, 3.8) is 0 Å². The standard InChI is InChI=1S/C26H30N2O3S/c1-5-9-20-15-19(16-22(30-8-4)24(20)31-14-6-2)17-23-25(29)28-26(32-23)27-21-12-10-18(7-3)11-13-21/h5-6,10-13,15-17,26-27H,1-2,7-9,14H2,3-4H3,(H,28,29)/b23-17-/t26-/m0/s1. The molecule has 3 rings (SSSR count). The molecule has 6 heteroatoms. The quantitative estimate of drug-likeness (QED) is 0.348. The van der Waals surface area contributed by atoms with Crippen molar-refractivity contribution in [2.75, 3.05) is 18.5 Å². The van der Waals surface area contributed by atoms with Gasteiger partial charge in [-0.25, -0.2) is 0 Å². The van der Waals surface area contributed by atoms with Crippen LogP contribution in [-0.4, -0.2) is 24.6 Å². The average molecular weight is 451 g/mol. The van der Waals surface area contributed by atoms with Crippen LogP contribution in [0.25, 0.3) is 6.08 Å². The van der Waals surface area contributed by atoms with Crippen LogP contribution in [0.5, 0.6) is 11.5 Å². The molecule has 0 radical (unpaired) electrons. The molecule has 1 aliphatic rings. The largest absolute Gasteiger partial charge is 0.490 e. The second-order valence-corrected chi connectivity index (χ2v) is 8.35. The van der Waals surface area contributed by atoms with E-state index in [9.17, 15) is 4.79 Å². The average Bonchev–Trinajstić information content (AvgIpc) is 3.12. The van der Waals surface area contributed by atoms with Gasteiger partial charge in [0.2, 0.25) is 0 Å². The lowest BCUT2D eigenvalue weighted by Gasteiger charge is -2.16. The van der Waals surface area contributed by atoms with Gasteiger partial charge in [-0.3, -0.25) is 4.79 Å². The summed E-state index contributed by atoms with van der Waals surface area (Å²) in [5.41, 5.74) is 3.85. The molecule has 1 amide bonds. The molecule has 1 heterocycles. The molecule has 168 valence electrons. The molecule has 32 heavy (non-hydrogen) atoms. The third kappa shape index (κ3) is 5.98. The second kappa shape index (κ2) is 11.5.